The second-order valence-electron chi connectivity index (χ2n) is 5.64. The molecule has 0 fully saturated rings. The van der Waals surface area contributed by atoms with Crippen LogP contribution in [0.4, 0.5) is 4.39 Å². The van der Waals surface area contributed by atoms with Crippen LogP contribution in [-0.4, -0.2) is 25.6 Å². The molecule has 0 heterocycles. The van der Waals surface area contributed by atoms with Crippen LogP contribution >= 0.6 is 0 Å². The molecule has 21 heavy (non-hydrogen) atoms. The van der Waals surface area contributed by atoms with Gasteiger partial charge in [0.2, 0.25) is 5.91 Å². The van der Waals surface area contributed by atoms with Gasteiger partial charge in [-0.3, -0.25) is 10.1 Å². The standard InChI is InChI=1S/C16H25FN2O2/c1-10(2)9-18-16(20)12(4)19-11(3)13-6-7-14(17)15(8-13)21-5/h6-8,10-12,19H,9H2,1-5H3,(H,18,20). The zero-order valence-electron chi connectivity index (χ0n) is 13.4. The lowest BCUT2D eigenvalue weighted by molar-refractivity contribution is -0.123. The van der Waals surface area contributed by atoms with Gasteiger partial charge in [0.15, 0.2) is 11.6 Å². The average Bonchev–Trinajstić information content (AvgIpc) is 2.44. The maximum absolute atomic E-state index is 13.4. The number of benzene rings is 1. The van der Waals surface area contributed by atoms with Gasteiger partial charge < -0.3 is 10.1 Å². The fraction of sp³-hybridized carbons (Fsp3) is 0.562. The Morgan fingerprint density at radius 2 is 1.95 bits per heavy atom. The molecule has 1 amide bonds. The molecule has 5 heteroatoms. The number of hydrogen-bond donors (Lipinski definition) is 2. The smallest absolute Gasteiger partial charge is 0.236 e. The molecule has 2 N–H and O–H groups in total. The Morgan fingerprint density at radius 3 is 2.52 bits per heavy atom. The predicted octanol–water partition coefficient (Wildman–Crippen LogP) is 2.65. The number of carbonyl (C=O) groups is 1. The van der Waals surface area contributed by atoms with Crippen molar-refractivity contribution < 1.29 is 13.9 Å². The average molecular weight is 296 g/mol. The van der Waals surface area contributed by atoms with Gasteiger partial charge in [0.25, 0.3) is 0 Å². The van der Waals surface area contributed by atoms with Crippen molar-refractivity contribution in [1.29, 1.82) is 0 Å². The molecule has 0 aliphatic rings. The summed E-state index contributed by atoms with van der Waals surface area (Å²) in [5.74, 6) is 0.193. The summed E-state index contributed by atoms with van der Waals surface area (Å²) < 4.78 is 18.4. The first-order chi connectivity index (χ1) is 9.85. The second-order valence-corrected chi connectivity index (χ2v) is 5.64. The van der Waals surface area contributed by atoms with Crippen molar-refractivity contribution in [2.45, 2.75) is 39.8 Å². The highest BCUT2D eigenvalue weighted by Crippen LogP contribution is 2.22. The van der Waals surface area contributed by atoms with E-state index in [9.17, 15) is 9.18 Å². The first-order valence-electron chi connectivity index (χ1n) is 7.22. The number of methoxy groups -OCH3 is 1. The van der Waals surface area contributed by atoms with Crippen molar-refractivity contribution in [1.82, 2.24) is 10.6 Å². The van der Waals surface area contributed by atoms with E-state index in [0.717, 1.165) is 5.56 Å². The van der Waals surface area contributed by atoms with Crippen LogP contribution in [0, 0.1) is 11.7 Å². The van der Waals surface area contributed by atoms with Crippen LogP contribution in [0.3, 0.4) is 0 Å². The van der Waals surface area contributed by atoms with Gasteiger partial charge >= 0.3 is 0 Å². The van der Waals surface area contributed by atoms with E-state index < -0.39 is 5.82 Å². The summed E-state index contributed by atoms with van der Waals surface area (Å²) in [6.07, 6.45) is 0. The number of ether oxygens (including phenoxy) is 1. The van der Waals surface area contributed by atoms with Gasteiger partial charge in [-0.05, 0) is 37.5 Å². The van der Waals surface area contributed by atoms with Crippen molar-refractivity contribution in [3.63, 3.8) is 0 Å². The molecule has 0 saturated carbocycles. The second kappa shape index (κ2) is 7.98. The first-order valence-corrected chi connectivity index (χ1v) is 7.22. The molecule has 1 aromatic rings. The monoisotopic (exact) mass is 296 g/mol. The molecule has 4 nitrogen and oxygen atoms in total. The van der Waals surface area contributed by atoms with E-state index in [1.165, 1.54) is 13.2 Å². The molecule has 2 atom stereocenters. The van der Waals surface area contributed by atoms with Gasteiger partial charge in [0.05, 0.1) is 13.2 Å². The number of halogens is 1. The number of carbonyl (C=O) groups excluding carboxylic acids is 1. The quantitative estimate of drug-likeness (QED) is 0.813. The highest BCUT2D eigenvalue weighted by Gasteiger charge is 2.17. The Balaban J connectivity index is 2.63. The molecule has 1 aromatic carbocycles. The van der Waals surface area contributed by atoms with Crippen LogP contribution in [0.1, 0.15) is 39.3 Å². The van der Waals surface area contributed by atoms with E-state index in [1.54, 1.807) is 12.1 Å². The zero-order valence-corrected chi connectivity index (χ0v) is 13.4. The maximum atomic E-state index is 13.4. The molecule has 0 aliphatic heterocycles. The molecular formula is C16H25FN2O2. The highest BCUT2D eigenvalue weighted by atomic mass is 19.1. The van der Waals surface area contributed by atoms with E-state index in [4.69, 9.17) is 4.74 Å². The maximum Gasteiger partial charge on any atom is 0.236 e. The normalized spacial score (nSPS) is 13.9. The van der Waals surface area contributed by atoms with E-state index in [2.05, 4.69) is 10.6 Å². The molecule has 0 bridgehead atoms. The van der Waals surface area contributed by atoms with Gasteiger partial charge in [-0.1, -0.05) is 19.9 Å². The SMILES string of the molecule is COc1cc(C(C)NC(C)C(=O)NCC(C)C)ccc1F. The topological polar surface area (TPSA) is 50.4 Å². The summed E-state index contributed by atoms with van der Waals surface area (Å²) in [5.41, 5.74) is 0.872. The molecule has 1 rings (SSSR count). The van der Waals surface area contributed by atoms with E-state index in [-0.39, 0.29) is 23.7 Å². The predicted molar refractivity (Wildman–Crippen MR) is 81.8 cm³/mol. The lowest BCUT2D eigenvalue weighted by atomic mass is 10.1. The Morgan fingerprint density at radius 1 is 1.29 bits per heavy atom. The minimum Gasteiger partial charge on any atom is -0.494 e. The molecular weight excluding hydrogens is 271 g/mol. The van der Waals surface area contributed by atoms with Crippen LogP contribution in [0.5, 0.6) is 5.75 Å². The van der Waals surface area contributed by atoms with Gasteiger partial charge in [-0.15, -0.1) is 0 Å². The summed E-state index contributed by atoms with van der Waals surface area (Å²) in [4.78, 5) is 11.9. The molecule has 118 valence electrons. The minimum atomic E-state index is -0.392. The lowest BCUT2D eigenvalue weighted by Gasteiger charge is -2.21. The van der Waals surface area contributed by atoms with Crippen LogP contribution in [0.2, 0.25) is 0 Å². The summed E-state index contributed by atoms with van der Waals surface area (Å²) in [6.45, 7) is 8.49. The largest absolute Gasteiger partial charge is 0.494 e. The van der Waals surface area contributed by atoms with E-state index >= 15 is 0 Å². The summed E-state index contributed by atoms with van der Waals surface area (Å²) in [6, 6.07) is 4.30. The number of hydrogen-bond acceptors (Lipinski definition) is 3. The third kappa shape index (κ3) is 5.34. The minimum absolute atomic E-state index is 0.0374. The third-order valence-corrected chi connectivity index (χ3v) is 3.25. The zero-order chi connectivity index (χ0) is 16.0. The Bertz CT molecular complexity index is 477. The first kappa shape index (κ1) is 17.4. The van der Waals surface area contributed by atoms with Crippen LogP contribution < -0.4 is 15.4 Å². The van der Waals surface area contributed by atoms with Gasteiger partial charge in [-0.2, -0.15) is 0 Å². The van der Waals surface area contributed by atoms with Crippen LogP contribution in [0.25, 0.3) is 0 Å². The van der Waals surface area contributed by atoms with E-state index in [1.807, 2.05) is 27.7 Å². The molecule has 0 spiro atoms. The summed E-state index contributed by atoms with van der Waals surface area (Å²) in [5, 5.41) is 6.08. The summed E-state index contributed by atoms with van der Waals surface area (Å²) in [7, 11) is 1.43. The van der Waals surface area contributed by atoms with Crippen molar-refractivity contribution in [2.24, 2.45) is 5.92 Å². The number of amides is 1. The van der Waals surface area contributed by atoms with Crippen molar-refractivity contribution in [3.05, 3.63) is 29.6 Å². The Labute approximate surface area is 126 Å². The van der Waals surface area contributed by atoms with Crippen LogP contribution in [-0.2, 0) is 4.79 Å². The van der Waals surface area contributed by atoms with Crippen molar-refractivity contribution >= 4 is 5.91 Å². The van der Waals surface area contributed by atoms with Gasteiger partial charge in [0, 0.05) is 12.6 Å². The molecule has 0 aromatic heterocycles. The molecule has 0 aliphatic carbocycles. The third-order valence-electron chi connectivity index (χ3n) is 3.25. The fourth-order valence-electron chi connectivity index (χ4n) is 1.95. The summed E-state index contributed by atoms with van der Waals surface area (Å²) >= 11 is 0. The lowest BCUT2D eigenvalue weighted by Crippen LogP contribution is -2.44. The van der Waals surface area contributed by atoms with Gasteiger partial charge in [-0.25, -0.2) is 4.39 Å². The number of rotatable bonds is 7. The fourth-order valence-corrected chi connectivity index (χ4v) is 1.95. The van der Waals surface area contributed by atoms with Crippen molar-refractivity contribution in [2.75, 3.05) is 13.7 Å². The Hall–Kier alpha value is -1.62. The molecule has 2 unspecified atom stereocenters. The van der Waals surface area contributed by atoms with E-state index in [0.29, 0.717) is 12.5 Å². The van der Waals surface area contributed by atoms with Crippen molar-refractivity contribution in [3.8, 4) is 5.75 Å². The van der Waals surface area contributed by atoms with Crippen LogP contribution in [0.15, 0.2) is 18.2 Å². The van der Waals surface area contributed by atoms with Gasteiger partial charge in [0.1, 0.15) is 0 Å². The Kier molecular flexibility index (Phi) is 6.62. The molecule has 0 saturated heterocycles. The number of nitrogens with one attached hydrogen (secondary N) is 2. The highest BCUT2D eigenvalue weighted by molar-refractivity contribution is 5.81. The molecule has 0 radical (unpaired) electrons.